The molecule has 1 heterocycles. The number of anilines is 1. The molecule has 1 aromatic heterocycles. The molecule has 0 spiro atoms. The summed E-state index contributed by atoms with van der Waals surface area (Å²) in [6.07, 6.45) is 0.598. The molecule has 148 valence electrons. The first kappa shape index (κ1) is 19.6. The number of methoxy groups -OCH3 is 1. The van der Waals surface area contributed by atoms with E-state index in [2.05, 4.69) is 26.2 Å². The van der Waals surface area contributed by atoms with E-state index in [4.69, 9.17) is 20.8 Å². The number of aromatic hydroxyl groups is 1. The van der Waals surface area contributed by atoms with Gasteiger partial charge in [-0.25, -0.2) is 4.98 Å². The highest BCUT2D eigenvalue weighted by Crippen LogP contribution is 2.34. The van der Waals surface area contributed by atoms with Crippen LogP contribution < -0.4 is 10.1 Å². The maximum atomic E-state index is 10.3. The zero-order chi connectivity index (χ0) is 20.4. The first-order valence-corrected chi connectivity index (χ1v) is 10.1. The number of benzene rings is 3. The summed E-state index contributed by atoms with van der Waals surface area (Å²) in [5.41, 5.74) is 4.18. The standard InChI is InChI=1S/C22H18BrClN2O3/c1-28-20-10-15(23)9-14(22(20)27)12-25-17-6-7-19-18(11-17)26-21(29-19)8-13-2-4-16(24)5-3-13/h2-7,9-11,25,27H,8,12H2,1H3. The number of aromatic nitrogens is 1. The van der Waals surface area contributed by atoms with Crippen LogP contribution in [0.4, 0.5) is 5.69 Å². The zero-order valence-corrected chi connectivity index (χ0v) is 17.9. The van der Waals surface area contributed by atoms with Crippen LogP contribution in [0.3, 0.4) is 0 Å². The normalized spacial score (nSPS) is 11.0. The average Bonchev–Trinajstić information content (AvgIpc) is 3.11. The Morgan fingerprint density at radius 1 is 1.14 bits per heavy atom. The zero-order valence-electron chi connectivity index (χ0n) is 15.6. The summed E-state index contributed by atoms with van der Waals surface area (Å²) in [6.45, 7) is 0.433. The molecule has 0 saturated carbocycles. The van der Waals surface area contributed by atoms with Crippen LogP contribution >= 0.6 is 27.5 Å². The topological polar surface area (TPSA) is 67.5 Å². The van der Waals surface area contributed by atoms with Gasteiger partial charge in [0.2, 0.25) is 0 Å². The summed E-state index contributed by atoms with van der Waals surface area (Å²) in [4.78, 5) is 4.59. The van der Waals surface area contributed by atoms with Crippen molar-refractivity contribution in [3.8, 4) is 11.5 Å². The van der Waals surface area contributed by atoms with Gasteiger partial charge in [0.1, 0.15) is 5.52 Å². The molecule has 0 aliphatic rings. The van der Waals surface area contributed by atoms with E-state index < -0.39 is 0 Å². The van der Waals surface area contributed by atoms with Crippen molar-refractivity contribution < 1.29 is 14.3 Å². The molecule has 0 aliphatic carbocycles. The average molecular weight is 474 g/mol. The number of ether oxygens (including phenoxy) is 1. The van der Waals surface area contributed by atoms with Crippen LogP contribution in [0.2, 0.25) is 5.02 Å². The van der Waals surface area contributed by atoms with Gasteiger partial charge in [0.15, 0.2) is 23.0 Å². The lowest BCUT2D eigenvalue weighted by Gasteiger charge is -2.11. The predicted molar refractivity (Wildman–Crippen MR) is 118 cm³/mol. The van der Waals surface area contributed by atoms with Crippen LogP contribution in [0.5, 0.6) is 11.5 Å². The number of oxazole rings is 1. The lowest BCUT2D eigenvalue weighted by atomic mass is 10.1. The number of fused-ring (bicyclic) bond motifs is 1. The van der Waals surface area contributed by atoms with Crippen molar-refractivity contribution in [1.82, 2.24) is 4.98 Å². The van der Waals surface area contributed by atoms with E-state index >= 15 is 0 Å². The largest absolute Gasteiger partial charge is 0.504 e. The van der Waals surface area contributed by atoms with Crippen LogP contribution in [-0.4, -0.2) is 17.2 Å². The van der Waals surface area contributed by atoms with Crippen molar-refractivity contribution in [2.45, 2.75) is 13.0 Å². The van der Waals surface area contributed by atoms with Crippen molar-refractivity contribution >= 4 is 44.3 Å². The van der Waals surface area contributed by atoms with Crippen molar-refractivity contribution in [3.63, 3.8) is 0 Å². The van der Waals surface area contributed by atoms with Gasteiger partial charge in [-0.1, -0.05) is 39.7 Å². The van der Waals surface area contributed by atoms with Gasteiger partial charge < -0.3 is 19.6 Å². The van der Waals surface area contributed by atoms with Gasteiger partial charge in [0, 0.05) is 33.7 Å². The smallest absolute Gasteiger partial charge is 0.199 e. The highest BCUT2D eigenvalue weighted by molar-refractivity contribution is 9.10. The molecular weight excluding hydrogens is 456 g/mol. The maximum Gasteiger partial charge on any atom is 0.199 e. The van der Waals surface area contributed by atoms with Crippen LogP contribution in [0.25, 0.3) is 11.1 Å². The summed E-state index contributed by atoms with van der Waals surface area (Å²) in [6, 6.07) is 16.9. The lowest BCUT2D eigenvalue weighted by Crippen LogP contribution is -2.00. The molecule has 2 N–H and O–H groups in total. The Kier molecular flexibility index (Phi) is 5.65. The minimum absolute atomic E-state index is 0.121. The molecule has 7 heteroatoms. The van der Waals surface area contributed by atoms with E-state index in [0.29, 0.717) is 29.6 Å². The van der Waals surface area contributed by atoms with Gasteiger partial charge in [-0.3, -0.25) is 0 Å². The predicted octanol–water partition coefficient (Wildman–Crippen LogP) is 6.16. The fraction of sp³-hybridized carbons (Fsp3) is 0.136. The van der Waals surface area contributed by atoms with E-state index in [-0.39, 0.29) is 5.75 Å². The Hall–Kier alpha value is -2.70. The molecule has 0 unspecified atom stereocenters. The number of phenols is 1. The Morgan fingerprint density at radius 3 is 2.69 bits per heavy atom. The number of hydrogen-bond donors (Lipinski definition) is 2. The second-order valence-electron chi connectivity index (χ2n) is 6.56. The van der Waals surface area contributed by atoms with Gasteiger partial charge >= 0.3 is 0 Å². The summed E-state index contributed by atoms with van der Waals surface area (Å²) < 4.78 is 11.9. The molecule has 29 heavy (non-hydrogen) atoms. The van der Waals surface area contributed by atoms with E-state index in [9.17, 15) is 5.11 Å². The molecular formula is C22H18BrClN2O3. The van der Waals surface area contributed by atoms with Crippen LogP contribution in [0, 0.1) is 0 Å². The van der Waals surface area contributed by atoms with E-state index in [1.54, 1.807) is 6.07 Å². The number of nitrogens with zero attached hydrogens (tertiary/aromatic N) is 1. The van der Waals surface area contributed by atoms with Crippen LogP contribution in [0.15, 0.2) is 63.5 Å². The molecule has 4 aromatic rings. The number of rotatable bonds is 6. The number of hydrogen-bond acceptors (Lipinski definition) is 5. The number of nitrogens with one attached hydrogen (secondary N) is 1. The van der Waals surface area contributed by atoms with Crippen LogP contribution in [0.1, 0.15) is 17.0 Å². The number of halogens is 2. The molecule has 0 amide bonds. The summed E-state index contributed by atoms with van der Waals surface area (Å²) in [7, 11) is 1.53. The van der Waals surface area contributed by atoms with E-state index in [1.165, 1.54) is 7.11 Å². The third-order valence-electron chi connectivity index (χ3n) is 4.52. The minimum atomic E-state index is 0.121. The highest BCUT2D eigenvalue weighted by Gasteiger charge is 2.11. The second kappa shape index (κ2) is 8.35. The molecule has 3 aromatic carbocycles. The summed E-state index contributed by atoms with van der Waals surface area (Å²) in [5, 5.41) is 14.3. The van der Waals surface area contributed by atoms with E-state index in [0.717, 1.165) is 32.4 Å². The Morgan fingerprint density at radius 2 is 1.93 bits per heavy atom. The maximum absolute atomic E-state index is 10.3. The number of phenolic OH excluding ortho intramolecular Hbond substituents is 1. The van der Waals surface area contributed by atoms with E-state index in [1.807, 2.05) is 48.5 Å². The second-order valence-corrected chi connectivity index (χ2v) is 7.91. The first-order chi connectivity index (χ1) is 14.0. The van der Waals surface area contributed by atoms with Gasteiger partial charge in [0.25, 0.3) is 0 Å². The molecule has 0 radical (unpaired) electrons. The minimum Gasteiger partial charge on any atom is -0.504 e. The molecule has 0 atom stereocenters. The van der Waals surface area contributed by atoms with Crippen molar-refractivity contribution in [3.05, 3.63) is 81.1 Å². The Bertz CT molecular complexity index is 1160. The molecule has 0 fully saturated rings. The Balaban J connectivity index is 1.51. The highest BCUT2D eigenvalue weighted by atomic mass is 79.9. The fourth-order valence-corrected chi connectivity index (χ4v) is 3.66. The Labute approximate surface area is 181 Å². The lowest BCUT2D eigenvalue weighted by molar-refractivity contribution is 0.370. The van der Waals surface area contributed by atoms with Crippen molar-refractivity contribution in [2.75, 3.05) is 12.4 Å². The summed E-state index contributed by atoms with van der Waals surface area (Å²) in [5.74, 6) is 1.19. The fourth-order valence-electron chi connectivity index (χ4n) is 3.05. The van der Waals surface area contributed by atoms with Gasteiger partial charge in [-0.2, -0.15) is 0 Å². The molecule has 0 bridgehead atoms. The van der Waals surface area contributed by atoms with Crippen LogP contribution in [-0.2, 0) is 13.0 Å². The third kappa shape index (κ3) is 4.49. The summed E-state index contributed by atoms with van der Waals surface area (Å²) >= 11 is 9.37. The quantitative estimate of drug-likeness (QED) is 0.351. The van der Waals surface area contributed by atoms with Gasteiger partial charge in [0.05, 0.1) is 7.11 Å². The first-order valence-electron chi connectivity index (χ1n) is 8.95. The third-order valence-corrected chi connectivity index (χ3v) is 5.23. The van der Waals surface area contributed by atoms with Crippen molar-refractivity contribution in [2.24, 2.45) is 0 Å². The molecule has 4 rings (SSSR count). The molecule has 0 saturated heterocycles. The van der Waals surface area contributed by atoms with Gasteiger partial charge in [-0.05, 0) is 48.0 Å². The van der Waals surface area contributed by atoms with Crippen molar-refractivity contribution in [1.29, 1.82) is 0 Å². The molecule has 0 aliphatic heterocycles. The van der Waals surface area contributed by atoms with Gasteiger partial charge in [-0.15, -0.1) is 0 Å². The SMILES string of the molecule is COc1cc(Br)cc(CNc2ccc3oc(Cc4ccc(Cl)cc4)nc3c2)c1O. The monoisotopic (exact) mass is 472 g/mol. The molecule has 5 nitrogen and oxygen atoms in total.